The van der Waals surface area contributed by atoms with Crippen molar-refractivity contribution < 1.29 is 28.6 Å². The van der Waals surface area contributed by atoms with E-state index in [1.54, 1.807) is 0 Å². The van der Waals surface area contributed by atoms with Gasteiger partial charge in [0.15, 0.2) is 6.10 Å². The Morgan fingerprint density at radius 1 is 0.351 bits per heavy atom. The van der Waals surface area contributed by atoms with E-state index in [0.29, 0.717) is 19.3 Å². The summed E-state index contributed by atoms with van der Waals surface area (Å²) >= 11 is 0. The highest BCUT2D eigenvalue weighted by Gasteiger charge is 2.19. The van der Waals surface area contributed by atoms with E-state index in [-0.39, 0.29) is 31.1 Å². The second-order valence-electron chi connectivity index (χ2n) is 16.1. The quantitative estimate of drug-likeness (QED) is 0.0265. The Labute approximate surface area is 352 Å². The number of unbranched alkanes of at least 4 members (excludes halogenated alkanes) is 26. The minimum absolute atomic E-state index is 0.0938. The minimum Gasteiger partial charge on any atom is -0.462 e. The molecule has 1 atom stereocenters. The summed E-state index contributed by atoms with van der Waals surface area (Å²) in [6.07, 6.45) is 53.8. The predicted octanol–water partition coefficient (Wildman–Crippen LogP) is 15.5. The largest absolute Gasteiger partial charge is 0.462 e. The molecule has 330 valence electrons. The Balaban J connectivity index is 4.42. The topological polar surface area (TPSA) is 78.9 Å². The first-order valence-electron chi connectivity index (χ1n) is 24.2. The molecule has 0 fully saturated rings. The second-order valence-corrected chi connectivity index (χ2v) is 16.1. The number of rotatable bonds is 43. The van der Waals surface area contributed by atoms with Crippen LogP contribution in [0.25, 0.3) is 0 Å². The molecule has 0 rings (SSSR count). The van der Waals surface area contributed by atoms with Crippen molar-refractivity contribution in [2.45, 2.75) is 245 Å². The van der Waals surface area contributed by atoms with Gasteiger partial charge in [0.25, 0.3) is 0 Å². The average Bonchev–Trinajstić information content (AvgIpc) is 3.21. The standard InChI is InChI=1S/C51H90O6/c1-4-7-10-13-16-19-22-24-25-26-27-30-32-35-38-41-44-50(53)56-47-48(46-55-49(52)43-40-37-34-31-28-21-18-15-12-9-6-3)57-51(54)45-42-39-36-33-29-23-20-17-14-11-8-5-2/h15,18,21,25-28,30,48H,4-14,16-17,19-20,22-24,29,31-47H2,1-3H3/b18-15-,26-25-,28-21-,30-27-. The van der Waals surface area contributed by atoms with E-state index in [0.717, 1.165) is 83.5 Å². The van der Waals surface area contributed by atoms with Crippen molar-refractivity contribution in [3.05, 3.63) is 48.6 Å². The molecular weight excluding hydrogens is 709 g/mol. The highest BCUT2D eigenvalue weighted by molar-refractivity contribution is 5.71. The van der Waals surface area contributed by atoms with Crippen LogP contribution in [0.15, 0.2) is 48.6 Å². The van der Waals surface area contributed by atoms with Crippen LogP contribution in [0.1, 0.15) is 239 Å². The van der Waals surface area contributed by atoms with Crippen molar-refractivity contribution in [2.75, 3.05) is 13.2 Å². The Hall–Kier alpha value is -2.63. The molecule has 1 unspecified atom stereocenters. The molecule has 0 saturated carbocycles. The number of hydrogen-bond donors (Lipinski definition) is 0. The number of carbonyl (C=O) groups is 3. The molecule has 0 radical (unpaired) electrons. The third-order valence-corrected chi connectivity index (χ3v) is 10.4. The third kappa shape index (κ3) is 44.3. The lowest BCUT2D eigenvalue weighted by Crippen LogP contribution is -2.30. The first-order valence-corrected chi connectivity index (χ1v) is 24.2. The summed E-state index contributed by atoms with van der Waals surface area (Å²) in [5.74, 6) is -0.943. The summed E-state index contributed by atoms with van der Waals surface area (Å²) < 4.78 is 16.7. The predicted molar refractivity (Wildman–Crippen MR) is 242 cm³/mol. The molecule has 0 N–H and O–H groups in total. The maximum atomic E-state index is 12.7. The van der Waals surface area contributed by atoms with Gasteiger partial charge in [-0.3, -0.25) is 14.4 Å². The van der Waals surface area contributed by atoms with Gasteiger partial charge in [0.1, 0.15) is 13.2 Å². The molecule has 0 aromatic heterocycles. The molecular formula is C51H90O6. The van der Waals surface area contributed by atoms with Crippen LogP contribution < -0.4 is 0 Å². The molecule has 0 heterocycles. The number of hydrogen-bond acceptors (Lipinski definition) is 6. The van der Waals surface area contributed by atoms with Crippen LogP contribution in [0.2, 0.25) is 0 Å². The second kappa shape index (κ2) is 46.1. The third-order valence-electron chi connectivity index (χ3n) is 10.4. The van der Waals surface area contributed by atoms with Crippen LogP contribution in [0.5, 0.6) is 0 Å². The van der Waals surface area contributed by atoms with Crippen LogP contribution in [0.3, 0.4) is 0 Å². The number of esters is 3. The lowest BCUT2D eigenvalue weighted by molar-refractivity contribution is -0.167. The Bertz CT molecular complexity index is 1010. The van der Waals surface area contributed by atoms with E-state index in [2.05, 4.69) is 69.4 Å². The molecule has 0 aromatic carbocycles. The van der Waals surface area contributed by atoms with Gasteiger partial charge in [0.2, 0.25) is 0 Å². The summed E-state index contributed by atoms with van der Waals surface area (Å²) in [6, 6.07) is 0. The number of carbonyl (C=O) groups excluding carboxylic acids is 3. The molecule has 0 amide bonds. The highest BCUT2D eigenvalue weighted by Crippen LogP contribution is 2.14. The molecule has 57 heavy (non-hydrogen) atoms. The van der Waals surface area contributed by atoms with E-state index in [9.17, 15) is 14.4 Å². The van der Waals surface area contributed by atoms with Crippen molar-refractivity contribution >= 4 is 17.9 Å². The average molecular weight is 799 g/mol. The monoisotopic (exact) mass is 799 g/mol. The zero-order valence-electron chi connectivity index (χ0n) is 37.6. The van der Waals surface area contributed by atoms with Gasteiger partial charge in [0.05, 0.1) is 0 Å². The SMILES string of the molecule is CCCC/C=C\C=C/CCCCCC(=O)OCC(COC(=O)CCCCC/C=C\C=C/CCCCCCCCC)OC(=O)CCCCCCCCCCCCCC. The number of allylic oxidation sites excluding steroid dienone is 8. The van der Waals surface area contributed by atoms with Gasteiger partial charge in [-0.2, -0.15) is 0 Å². The van der Waals surface area contributed by atoms with E-state index >= 15 is 0 Å². The smallest absolute Gasteiger partial charge is 0.306 e. The minimum atomic E-state index is -0.790. The number of ether oxygens (including phenoxy) is 3. The Morgan fingerprint density at radius 3 is 1.00 bits per heavy atom. The van der Waals surface area contributed by atoms with Crippen molar-refractivity contribution in [3.8, 4) is 0 Å². The van der Waals surface area contributed by atoms with E-state index in [4.69, 9.17) is 14.2 Å². The molecule has 0 aliphatic rings. The van der Waals surface area contributed by atoms with Crippen LogP contribution in [0.4, 0.5) is 0 Å². The molecule has 0 aliphatic carbocycles. The molecule has 0 bridgehead atoms. The van der Waals surface area contributed by atoms with Gasteiger partial charge in [0, 0.05) is 19.3 Å². The Morgan fingerprint density at radius 2 is 0.632 bits per heavy atom. The fraction of sp³-hybridized carbons (Fsp3) is 0.784. The lowest BCUT2D eigenvalue weighted by atomic mass is 10.0. The summed E-state index contributed by atoms with van der Waals surface area (Å²) in [5, 5.41) is 0. The molecule has 0 aliphatic heterocycles. The lowest BCUT2D eigenvalue weighted by Gasteiger charge is -2.18. The van der Waals surface area contributed by atoms with E-state index < -0.39 is 6.10 Å². The molecule has 0 spiro atoms. The first kappa shape index (κ1) is 54.4. The van der Waals surface area contributed by atoms with Gasteiger partial charge in [-0.15, -0.1) is 0 Å². The van der Waals surface area contributed by atoms with Crippen LogP contribution in [-0.4, -0.2) is 37.2 Å². The van der Waals surface area contributed by atoms with Crippen molar-refractivity contribution in [2.24, 2.45) is 0 Å². The van der Waals surface area contributed by atoms with Crippen LogP contribution in [-0.2, 0) is 28.6 Å². The molecule has 6 heteroatoms. The van der Waals surface area contributed by atoms with Crippen molar-refractivity contribution in [1.29, 1.82) is 0 Å². The summed E-state index contributed by atoms with van der Waals surface area (Å²) in [5.41, 5.74) is 0. The van der Waals surface area contributed by atoms with E-state index in [1.165, 1.54) is 116 Å². The van der Waals surface area contributed by atoms with Crippen LogP contribution in [0, 0.1) is 0 Å². The van der Waals surface area contributed by atoms with Gasteiger partial charge in [-0.1, -0.05) is 204 Å². The van der Waals surface area contributed by atoms with Gasteiger partial charge < -0.3 is 14.2 Å². The maximum absolute atomic E-state index is 12.7. The van der Waals surface area contributed by atoms with Gasteiger partial charge >= 0.3 is 17.9 Å². The molecule has 0 saturated heterocycles. The van der Waals surface area contributed by atoms with Crippen molar-refractivity contribution in [1.82, 2.24) is 0 Å². The summed E-state index contributed by atoms with van der Waals surface area (Å²) in [6.45, 7) is 6.53. The Kier molecular flexibility index (Phi) is 43.9. The first-order chi connectivity index (χ1) is 28.0. The summed E-state index contributed by atoms with van der Waals surface area (Å²) in [4.78, 5) is 37.8. The summed E-state index contributed by atoms with van der Waals surface area (Å²) in [7, 11) is 0. The van der Waals surface area contributed by atoms with Gasteiger partial charge in [-0.25, -0.2) is 0 Å². The maximum Gasteiger partial charge on any atom is 0.306 e. The van der Waals surface area contributed by atoms with E-state index in [1.807, 2.05) is 0 Å². The van der Waals surface area contributed by atoms with Gasteiger partial charge in [-0.05, 0) is 64.2 Å². The zero-order chi connectivity index (χ0) is 41.5. The normalized spacial score (nSPS) is 12.4. The van der Waals surface area contributed by atoms with Crippen molar-refractivity contribution in [3.63, 3.8) is 0 Å². The highest BCUT2D eigenvalue weighted by atomic mass is 16.6. The molecule has 0 aromatic rings. The fourth-order valence-corrected chi connectivity index (χ4v) is 6.64. The fourth-order valence-electron chi connectivity index (χ4n) is 6.64. The zero-order valence-corrected chi connectivity index (χ0v) is 37.6. The molecule has 6 nitrogen and oxygen atoms in total. The van der Waals surface area contributed by atoms with Crippen LogP contribution >= 0.6 is 0 Å².